The predicted octanol–water partition coefficient (Wildman–Crippen LogP) is -3.44. The van der Waals surface area contributed by atoms with Crippen LogP contribution in [0.5, 0.6) is 0 Å². The molecule has 0 aromatic carbocycles. The van der Waals surface area contributed by atoms with Gasteiger partial charge in [-0.15, -0.1) is 0 Å². The highest BCUT2D eigenvalue weighted by Crippen LogP contribution is 2.05. The first-order valence-corrected chi connectivity index (χ1v) is 12.4. The van der Waals surface area contributed by atoms with E-state index < -0.39 is 17.9 Å². The van der Waals surface area contributed by atoms with E-state index in [0.717, 1.165) is 19.6 Å². The number of nitrogens with two attached hydrogens (primary N) is 1. The van der Waals surface area contributed by atoms with E-state index in [-0.39, 0.29) is 32.1 Å². The van der Waals surface area contributed by atoms with Crippen LogP contribution in [0.3, 0.4) is 0 Å². The van der Waals surface area contributed by atoms with Crippen molar-refractivity contribution in [2.75, 3.05) is 118 Å². The van der Waals surface area contributed by atoms with Crippen LogP contribution in [0.15, 0.2) is 0 Å². The normalized spacial score (nSPS) is 21.0. The van der Waals surface area contributed by atoms with Gasteiger partial charge in [0.25, 0.3) is 0 Å². The van der Waals surface area contributed by atoms with E-state index in [1.54, 1.807) is 14.7 Å². The van der Waals surface area contributed by atoms with Gasteiger partial charge >= 0.3 is 17.9 Å². The molecule has 14 nitrogen and oxygen atoms in total. The summed E-state index contributed by atoms with van der Waals surface area (Å²) in [6.45, 7) is 6.82. The van der Waals surface area contributed by atoms with Crippen LogP contribution in [-0.4, -0.2) is 186 Å². The number of rotatable bonds is 10. The van der Waals surface area contributed by atoms with Gasteiger partial charge < -0.3 is 26.0 Å². The molecular weight excluding hydrogens is 474 g/mol. The second kappa shape index (κ2) is 15.7. The van der Waals surface area contributed by atoms with Gasteiger partial charge in [0.05, 0.1) is 26.2 Å². The van der Waals surface area contributed by atoms with E-state index in [9.17, 15) is 34.5 Å². The van der Waals surface area contributed by atoms with Gasteiger partial charge in [0.1, 0.15) is 0 Å². The van der Waals surface area contributed by atoms with Crippen LogP contribution in [0, 0.1) is 0 Å². The van der Waals surface area contributed by atoms with Crippen molar-refractivity contribution in [3.8, 4) is 0 Å². The van der Waals surface area contributed by atoms with E-state index in [4.69, 9.17) is 5.73 Å². The highest BCUT2D eigenvalue weighted by Gasteiger charge is 2.24. The topological polar surface area (TPSA) is 174 Å². The predicted molar refractivity (Wildman–Crippen MR) is 131 cm³/mol. The molecule has 2 heterocycles. The number of aliphatic carboxylic acids is 3. The standard InChI is InChI=1S/C22H41N7O7/c23-1-2-24-11-13-29(14-12-24)19(30)15-25-3-5-26(16-20(31)32)7-9-28(18-22(35)36)10-8-27(6-4-25)17-21(33)34/h1-18,23H2,(H,31,32)(H,33,34)(H,35,36). The highest BCUT2D eigenvalue weighted by atomic mass is 16.4. The number of amides is 1. The quantitative estimate of drug-likeness (QED) is 0.226. The molecule has 0 aromatic rings. The summed E-state index contributed by atoms with van der Waals surface area (Å²) >= 11 is 0. The lowest BCUT2D eigenvalue weighted by Gasteiger charge is -2.36. The van der Waals surface area contributed by atoms with Gasteiger partial charge in [-0.05, 0) is 0 Å². The first kappa shape index (κ1) is 29.9. The number of hydrogen-bond donors (Lipinski definition) is 4. The molecule has 2 saturated heterocycles. The molecule has 0 atom stereocenters. The maximum atomic E-state index is 13.0. The van der Waals surface area contributed by atoms with Crippen molar-refractivity contribution in [1.82, 2.24) is 29.4 Å². The summed E-state index contributed by atoms with van der Waals surface area (Å²) in [5, 5.41) is 27.9. The number of nitrogens with zero attached hydrogens (tertiary/aromatic N) is 6. The van der Waals surface area contributed by atoms with Gasteiger partial charge in [-0.2, -0.15) is 0 Å². The first-order valence-electron chi connectivity index (χ1n) is 12.4. The average Bonchev–Trinajstić information content (AvgIpc) is 2.80. The third-order valence-corrected chi connectivity index (χ3v) is 6.54. The Morgan fingerprint density at radius 2 is 0.806 bits per heavy atom. The lowest BCUT2D eigenvalue weighted by molar-refractivity contribution is -0.141. The fourth-order valence-electron chi connectivity index (χ4n) is 4.48. The summed E-state index contributed by atoms with van der Waals surface area (Å²) in [5.74, 6) is -2.95. The van der Waals surface area contributed by atoms with E-state index in [0.29, 0.717) is 72.0 Å². The number of carbonyl (C=O) groups is 4. The van der Waals surface area contributed by atoms with E-state index in [1.807, 2.05) is 9.80 Å². The molecule has 0 saturated carbocycles. The smallest absolute Gasteiger partial charge is 0.317 e. The van der Waals surface area contributed by atoms with Gasteiger partial charge in [0.2, 0.25) is 5.91 Å². The summed E-state index contributed by atoms with van der Waals surface area (Å²) in [7, 11) is 0. The van der Waals surface area contributed by atoms with Gasteiger partial charge in [-0.25, -0.2) is 0 Å². The Morgan fingerprint density at radius 1 is 0.500 bits per heavy atom. The maximum Gasteiger partial charge on any atom is 0.317 e. The number of hydrogen-bond acceptors (Lipinski definition) is 10. The van der Waals surface area contributed by atoms with E-state index >= 15 is 0 Å². The Kier molecular flexibility index (Phi) is 13.0. The van der Waals surface area contributed by atoms with Gasteiger partial charge in [-0.1, -0.05) is 0 Å². The SMILES string of the molecule is NCCN1CCN(C(=O)CN2CCN(CC(=O)O)CCN(CC(=O)O)CCN(CC(=O)O)CC2)CC1. The highest BCUT2D eigenvalue weighted by molar-refractivity contribution is 5.78. The molecule has 2 aliphatic heterocycles. The van der Waals surface area contributed by atoms with E-state index in [1.165, 1.54) is 0 Å². The second-order valence-electron chi connectivity index (χ2n) is 9.30. The molecule has 2 fully saturated rings. The number of carbonyl (C=O) groups excluding carboxylic acids is 1. The Bertz CT molecular complexity index is 702. The van der Waals surface area contributed by atoms with Crippen molar-refractivity contribution in [3.05, 3.63) is 0 Å². The summed E-state index contributed by atoms with van der Waals surface area (Å²) in [6, 6.07) is 0. The minimum absolute atomic E-state index is 0.00306. The zero-order valence-electron chi connectivity index (χ0n) is 21.0. The Balaban J connectivity index is 2.07. The molecule has 0 unspecified atom stereocenters. The molecule has 14 heteroatoms. The zero-order chi connectivity index (χ0) is 26.5. The third kappa shape index (κ3) is 11.6. The molecule has 2 aliphatic rings. The first-order chi connectivity index (χ1) is 17.2. The van der Waals surface area contributed by atoms with Crippen LogP contribution >= 0.6 is 0 Å². The summed E-state index contributed by atoms with van der Waals surface area (Å²) in [4.78, 5) is 58.3. The van der Waals surface area contributed by atoms with Crippen LogP contribution in [0.2, 0.25) is 0 Å². The maximum absolute atomic E-state index is 13.0. The molecule has 206 valence electrons. The molecule has 0 aliphatic carbocycles. The summed E-state index contributed by atoms with van der Waals surface area (Å²) in [5.41, 5.74) is 5.62. The fraction of sp³-hybridized carbons (Fsp3) is 0.818. The van der Waals surface area contributed by atoms with Crippen LogP contribution < -0.4 is 5.73 Å². The lowest BCUT2D eigenvalue weighted by Crippen LogP contribution is -2.53. The van der Waals surface area contributed by atoms with Crippen molar-refractivity contribution < 1.29 is 34.5 Å². The summed E-state index contributed by atoms with van der Waals surface area (Å²) in [6.07, 6.45) is 0. The van der Waals surface area contributed by atoms with Crippen molar-refractivity contribution in [3.63, 3.8) is 0 Å². The largest absolute Gasteiger partial charge is 0.480 e. The number of piperazine rings is 1. The van der Waals surface area contributed by atoms with Crippen molar-refractivity contribution in [2.24, 2.45) is 5.73 Å². The third-order valence-electron chi connectivity index (χ3n) is 6.54. The van der Waals surface area contributed by atoms with Crippen molar-refractivity contribution in [2.45, 2.75) is 0 Å². The van der Waals surface area contributed by atoms with Gasteiger partial charge in [-0.3, -0.25) is 43.7 Å². The minimum atomic E-state index is -0.995. The number of carboxylic acids is 3. The molecule has 0 radical (unpaired) electrons. The zero-order valence-corrected chi connectivity index (χ0v) is 21.0. The molecular formula is C22H41N7O7. The Morgan fingerprint density at radius 3 is 1.11 bits per heavy atom. The molecule has 0 aromatic heterocycles. The Hall–Kier alpha value is -2.36. The second-order valence-corrected chi connectivity index (χ2v) is 9.30. The number of carboxylic acid groups (broad SMARTS) is 3. The average molecular weight is 516 g/mol. The van der Waals surface area contributed by atoms with Gasteiger partial charge in [0, 0.05) is 91.6 Å². The van der Waals surface area contributed by atoms with Crippen molar-refractivity contribution >= 4 is 23.8 Å². The van der Waals surface area contributed by atoms with Crippen LogP contribution in [0.4, 0.5) is 0 Å². The monoisotopic (exact) mass is 515 g/mol. The van der Waals surface area contributed by atoms with Crippen molar-refractivity contribution in [1.29, 1.82) is 0 Å². The molecule has 5 N–H and O–H groups in total. The van der Waals surface area contributed by atoms with Crippen LogP contribution in [-0.2, 0) is 19.2 Å². The van der Waals surface area contributed by atoms with E-state index in [2.05, 4.69) is 4.90 Å². The Labute approximate surface area is 211 Å². The molecule has 1 amide bonds. The summed E-state index contributed by atoms with van der Waals surface area (Å²) < 4.78 is 0. The minimum Gasteiger partial charge on any atom is -0.480 e. The molecule has 2 rings (SSSR count). The van der Waals surface area contributed by atoms with Gasteiger partial charge in [0.15, 0.2) is 0 Å². The van der Waals surface area contributed by atoms with Crippen LogP contribution in [0.1, 0.15) is 0 Å². The lowest BCUT2D eigenvalue weighted by atomic mass is 10.3. The van der Waals surface area contributed by atoms with Crippen LogP contribution in [0.25, 0.3) is 0 Å². The molecule has 36 heavy (non-hydrogen) atoms. The molecule has 0 spiro atoms. The fourth-order valence-corrected chi connectivity index (χ4v) is 4.48. The molecule has 0 bridgehead atoms.